The van der Waals surface area contributed by atoms with Crippen molar-refractivity contribution in [3.8, 4) is 34.5 Å². The zero-order valence-electron chi connectivity index (χ0n) is 14.9. The first-order valence-corrected chi connectivity index (χ1v) is 7.51. The third-order valence-corrected chi connectivity index (χ3v) is 3.56. The van der Waals surface area contributed by atoms with Crippen molar-refractivity contribution >= 4 is 12.4 Å². The molecule has 138 valence electrons. The van der Waals surface area contributed by atoms with Crippen LogP contribution in [0.3, 0.4) is 0 Å². The summed E-state index contributed by atoms with van der Waals surface area (Å²) < 4.78 is 20.4. The zero-order chi connectivity index (χ0) is 19.1. The van der Waals surface area contributed by atoms with Gasteiger partial charge in [0.1, 0.15) is 0 Å². The van der Waals surface area contributed by atoms with Crippen LogP contribution in [0.1, 0.15) is 11.1 Å². The minimum atomic E-state index is -0.121. The Bertz CT molecular complexity index is 763. The standard InChI is InChI=1S/C18H20N2O6/c1-23-13-7-5-11(17(25-3)15(13)21)9-19-20-10-12-6-8-14(24-2)16(22)18(12)26-4/h5-10,21-22H,1-4H3. The second kappa shape index (κ2) is 8.61. The van der Waals surface area contributed by atoms with Crippen LogP contribution in [0.15, 0.2) is 34.5 Å². The molecule has 0 atom stereocenters. The number of aromatic hydroxyl groups is 2. The number of benzene rings is 2. The van der Waals surface area contributed by atoms with Gasteiger partial charge in [-0.05, 0) is 24.3 Å². The van der Waals surface area contributed by atoms with E-state index in [1.807, 2.05) is 0 Å². The van der Waals surface area contributed by atoms with Crippen LogP contribution in [-0.4, -0.2) is 51.1 Å². The van der Waals surface area contributed by atoms with Crippen molar-refractivity contribution in [2.75, 3.05) is 28.4 Å². The van der Waals surface area contributed by atoms with Gasteiger partial charge in [-0.25, -0.2) is 0 Å². The highest BCUT2D eigenvalue weighted by molar-refractivity contribution is 5.88. The summed E-state index contributed by atoms with van der Waals surface area (Å²) in [5.41, 5.74) is 1.04. The second-order valence-corrected chi connectivity index (χ2v) is 4.97. The number of phenols is 2. The average Bonchev–Trinajstić information content (AvgIpc) is 2.65. The first-order chi connectivity index (χ1) is 12.6. The van der Waals surface area contributed by atoms with E-state index in [0.29, 0.717) is 22.6 Å². The first kappa shape index (κ1) is 18.9. The number of rotatable bonds is 7. The van der Waals surface area contributed by atoms with Crippen LogP contribution in [0.4, 0.5) is 0 Å². The van der Waals surface area contributed by atoms with Crippen LogP contribution < -0.4 is 18.9 Å². The molecule has 0 unspecified atom stereocenters. The summed E-state index contributed by atoms with van der Waals surface area (Å²) in [7, 11) is 5.76. The van der Waals surface area contributed by atoms with E-state index in [2.05, 4.69) is 10.2 Å². The van der Waals surface area contributed by atoms with E-state index in [0.717, 1.165) is 0 Å². The molecule has 0 aliphatic heterocycles. The molecule has 0 heterocycles. The summed E-state index contributed by atoms with van der Waals surface area (Å²) in [5, 5.41) is 28.0. The number of ether oxygens (including phenoxy) is 4. The highest BCUT2D eigenvalue weighted by atomic mass is 16.5. The SMILES string of the molecule is COc1ccc(C=NN=Cc2ccc(OC)c(O)c2OC)c(OC)c1O. The van der Waals surface area contributed by atoms with Crippen LogP contribution in [0.2, 0.25) is 0 Å². The summed E-state index contributed by atoms with van der Waals surface area (Å²) in [6.45, 7) is 0. The molecule has 0 radical (unpaired) electrons. The number of methoxy groups -OCH3 is 4. The van der Waals surface area contributed by atoms with E-state index in [1.54, 1.807) is 24.3 Å². The lowest BCUT2D eigenvalue weighted by Crippen LogP contribution is -1.95. The molecule has 0 saturated carbocycles. The summed E-state index contributed by atoms with van der Waals surface area (Å²) in [4.78, 5) is 0. The molecule has 2 aromatic carbocycles. The fraction of sp³-hybridized carbons (Fsp3) is 0.222. The Labute approximate surface area is 150 Å². The van der Waals surface area contributed by atoms with E-state index in [-0.39, 0.29) is 23.0 Å². The number of nitrogens with zero attached hydrogens (tertiary/aromatic N) is 2. The maximum Gasteiger partial charge on any atom is 0.201 e. The van der Waals surface area contributed by atoms with E-state index >= 15 is 0 Å². The van der Waals surface area contributed by atoms with Crippen molar-refractivity contribution in [1.29, 1.82) is 0 Å². The Morgan fingerprint density at radius 1 is 0.654 bits per heavy atom. The molecule has 8 heteroatoms. The highest BCUT2D eigenvalue weighted by Gasteiger charge is 2.13. The molecule has 0 saturated heterocycles. The van der Waals surface area contributed by atoms with Gasteiger partial charge in [0.05, 0.1) is 40.9 Å². The molecule has 0 bridgehead atoms. The molecule has 0 amide bonds. The third-order valence-electron chi connectivity index (χ3n) is 3.56. The van der Waals surface area contributed by atoms with Gasteiger partial charge in [-0.1, -0.05) is 0 Å². The molecule has 0 aliphatic rings. The molecule has 0 fully saturated rings. The van der Waals surface area contributed by atoms with Crippen molar-refractivity contribution < 1.29 is 29.2 Å². The van der Waals surface area contributed by atoms with Crippen molar-refractivity contribution in [2.45, 2.75) is 0 Å². The largest absolute Gasteiger partial charge is 0.502 e. The highest BCUT2D eigenvalue weighted by Crippen LogP contribution is 2.38. The Morgan fingerprint density at radius 3 is 1.35 bits per heavy atom. The predicted octanol–water partition coefficient (Wildman–Crippen LogP) is 2.59. The maximum absolute atomic E-state index is 10.0. The molecular weight excluding hydrogens is 340 g/mol. The minimum absolute atomic E-state index is 0.121. The van der Waals surface area contributed by atoms with E-state index in [9.17, 15) is 10.2 Å². The molecule has 0 spiro atoms. The van der Waals surface area contributed by atoms with Crippen LogP contribution in [-0.2, 0) is 0 Å². The maximum atomic E-state index is 10.0. The fourth-order valence-electron chi connectivity index (χ4n) is 2.29. The van der Waals surface area contributed by atoms with Gasteiger partial charge in [0.25, 0.3) is 0 Å². The van der Waals surface area contributed by atoms with Gasteiger partial charge >= 0.3 is 0 Å². The molecule has 2 N–H and O–H groups in total. The number of hydrogen-bond donors (Lipinski definition) is 2. The van der Waals surface area contributed by atoms with Gasteiger partial charge in [-0.3, -0.25) is 0 Å². The molecule has 2 rings (SSSR count). The van der Waals surface area contributed by atoms with Crippen molar-refractivity contribution in [3.05, 3.63) is 35.4 Å². The Balaban J connectivity index is 2.26. The normalized spacial score (nSPS) is 11.1. The van der Waals surface area contributed by atoms with Gasteiger partial charge in [0, 0.05) is 11.1 Å². The summed E-state index contributed by atoms with van der Waals surface area (Å²) in [6, 6.07) is 6.54. The lowest BCUT2D eigenvalue weighted by molar-refractivity contribution is 0.339. The van der Waals surface area contributed by atoms with Crippen LogP contribution >= 0.6 is 0 Å². The van der Waals surface area contributed by atoms with Gasteiger partial charge in [0.15, 0.2) is 23.0 Å². The predicted molar refractivity (Wildman–Crippen MR) is 97.6 cm³/mol. The van der Waals surface area contributed by atoms with Gasteiger partial charge in [-0.2, -0.15) is 10.2 Å². The van der Waals surface area contributed by atoms with Gasteiger partial charge < -0.3 is 29.2 Å². The smallest absolute Gasteiger partial charge is 0.201 e. The summed E-state index contributed by atoms with van der Waals surface area (Å²) in [5.74, 6) is 0.794. The van der Waals surface area contributed by atoms with Gasteiger partial charge in [-0.15, -0.1) is 0 Å². The fourth-order valence-corrected chi connectivity index (χ4v) is 2.29. The van der Waals surface area contributed by atoms with Crippen molar-refractivity contribution in [1.82, 2.24) is 0 Å². The monoisotopic (exact) mass is 360 g/mol. The number of hydrogen-bond acceptors (Lipinski definition) is 8. The second-order valence-electron chi connectivity index (χ2n) is 4.97. The molecule has 26 heavy (non-hydrogen) atoms. The molecule has 8 nitrogen and oxygen atoms in total. The van der Waals surface area contributed by atoms with E-state index in [4.69, 9.17) is 18.9 Å². The summed E-state index contributed by atoms with van der Waals surface area (Å²) >= 11 is 0. The molecule has 0 aliphatic carbocycles. The Morgan fingerprint density at radius 2 is 1.04 bits per heavy atom. The molecule has 2 aromatic rings. The zero-order valence-corrected chi connectivity index (χ0v) is 14.9. The Kier molecular flexibility index (Phi) is 6.26. The Hall–Kier alpha value is -3.42. The van der Waals surface area contributed by atoms with E-state index in [1.165, 1.54) is 40.9 Å². The lowest BCUT2D eigenvalue weighted by Gasteiger charge is -2.10. The van der Waals surface area contributed by atoms with Gasteiger partial charge in [0.2, 0.25) is 11.5 Å². The minimum Gasteiger partial charge on any atom is -0.502 e. The topological polar surface area (TPSA) is 102 Å². The van der Waals surface area contributed by atoms with Crippen LogP contribution in [0, 0.1) is 0 Å². The van der Waals surface area contributed by atoms with Crippen molar-refractivity contribution in [3.63, 3.8) is 0 Å². The van der Waals surface area contributed by atoms with E-state index < -0.39 is 0 Å². The summed E-state index contributed by atoms with van der Waals surface area (Å²) in [6.07, 6.45) is 2.84. The van der Waals surface area contributed by atoms with Crippen LogP contribution in [0.25, 0.3) is 0 Å². The average molecular weight is 360 g/mol. The molecule has 0 aromatic heterocycles. The lowest BCUT2D eigenvalue weighted by atomic mass is 10.2. The third kappa shape index (κ3) is 3.80. The first-order valence-electron chi connectivity index (χ1n) is 7.51. The quantitative estimate of drug-likeness (QED) is 0.581. The van der Waals surface area contributed by atoms with Crippen molar-refractivity contribution in [2.24, 2.45) is 10.2 Å². The molecular formula is C18H20N2O6. The number of phenolic OH excluding ortho intramolecular Hbond substituents is 2. The van der Waals surface area contributed by atoms with Crippen LogP contribution in [0.5, 0.6) is 34.5 Å².